The molecule has 0 unspecified atom stereocenters. The molecule has 0 aliphatic rings. The van der Waals surface area contributed by atoms with Crippen molar-refractivity contribution in [2.24, 2.45) is 0 Å². The zero-order chi connectivity index (χ0) is 21.5. The molecule has 1 aromatic heterocycles. The summed E-state index contributed by atoms with van der Waals surface area (Å²) in [6.45, 7) is 0.152. The molecule has 0 aliphatic carbocycles. The molecule has 0 bridgehead atoms. The van der Waals surface area contributed by atoms with Gasteiger partial charge in [-0.2, -0.15) is 0 Å². The van der Waals surface area contributed by atoms with Crippen LogP contribution in [0.15, 0.2) is 64.0 Å². The molecule has 3 rings (SSSR count). The number of benzene rings is 2. The van der Waals surface area contributed by atoms with Crippen molar-refractivity contribution in [2.45, 2.75) is 6.61 Å². The van der Waals surface area contributed by atoms with E-state index in [1.54, 1.807) is 31.4 Å². The Morgan fingerprint density at radius 3 is 2.43 bits per heavy atom. The molecule has 30 heavy (non-hydrogen) atoms. The first-order chi connectivity index (χ1) is 14.5. The van der Waals surface area contributed by atoms with Crippen LogP contribution in [0.2, 0.25) is 0 Å². The van der Waals surface area contributed by atoms with Gasteiger partial charge >= 0.3 is 0 Å². The Labute approximate surface area is 173 Å². The average Bonchev–Trinajstić information content (AvgIpc) is 2.78. The molecule has 8 nitrogen and oxygen atoms in total. The van der Waals surface area contributed by atoms with Gasteiger partial charge in [-0.05, 0) is 29.8 Å². The number of anilines is 1. The lowest BCUT2D eigenvalue weighted by Gasteiger charge is -2.10. The highest BCUT2D eigenvalue weighted by Crippen LogP contribution is 2.29. The summed E-state index contributed by atoms with van der Waals surface area (Å²) >= 11 is 0. The first-order valence-corrected chi connectivity index (χ1v) is 8.96. The highest BCUT2D eigenvalue weighted by atomic mass is 16.5. The van der Waals surface area contributed by atoms with Gasteiger partial charge in [0.2, 0.25) is 11.2 Å². The van der Waals surface area contributed by atoms with Crippen molar-refractivity contribution in [3.63, 3.8) is 0 Å². The van der Waals surface area contributed by atoms with E-state index in [2.05, 4.69) is 5.32 Å². The van der Waals surface area contributed by atoms with E-state index in [1.165, 1.54) is 14.2 Å². The Bertz CT molecular complexity index is 1090. The predicted octanol–water partition coefficient (Wildman–Crippen LogP) is 3.50. The minimum Gasteiger partial charge on any atom is -0.497 e. The van der Waals surface area contributed by atoms with E-state index in [-0.39, 0.29) is 18.1 Å². The van der Waals surface area contributed by atoms with E-state index >= 15 is 0 Å². The van der Waals surface area contributed by atoms with E-state index in [1.807, 2.05) is 18.2 Å². The maximum Gasteiger partial charge on any atom is 0.291 e. The van der Waals surface area contributed by atoms with E-state index < -0.39 is 11.3 Å². The summed E-state index contributed by atoms with van der Waals surface area (Å²) in [6, 6.07) is 13.2. The lowest BCUT2D eigenvalue weighted by molar-refractivity contribution is 0.0993. The van der Waals surface area contributed by atoms with Crippen LogP contribution in [0.5, 0.6) is 23.0 Å². The molecule has 1 heterocycles. The molecule has 0 fully saturated rings. The van der Waals surface area contributed by atoms with Crippen molar-refractivity contribution in [2.75, 3.05) is 26.6 Å². The number of ether oxygens (including phenoxy) is 4. The topological polar surface area (TPSA) is 96.2 Å². The van der Waals surface area contributed by atoms with Gasteiger partial charge < -0.3 is 28.7 Å². The van der Waals surface area contributed by atoms with Crippen LogP contribution in [0.1, 0.15) is 16.1 Å². The molecule has 1 amide bonds. The van der Waals surface area contributed by atoms with E-state index in [0.29, 0.717) is 22.9 Å². The minimum atomic E-state index is -0.585. The Balaban J connectivity index is 1.68. The number of hydrogen-bond donors (Lipinski definition) is 1. The second kappa shape index (κ2) is 9.51. The molecule has 0 saturated heterocycles. The van der Waals surface area contributed by atoms with Gasteiger partial charge in [0.25, 0.3) is 5.91 Å². The normalized spacial score (nSPS) is 10.2. The molecule has 156 valence electrons. The van der Waals surface area contributed by atoms with Crippen LogP contribution < -0.4 is 29.7 Å². The fraction of sp³-hybridized carbons (Fsp3) is 0.182. The third kappa shape index (κ3) is 4.91. The van der Waals surface area contributed by atoms with Gasteiger partial charge in [0.05, 0.1) is 21.3 Å². The number of carbonyl (C=O) groups excluding carboxylic acids is 1. The summed E-state index contributed by atoms with van der Waals surface area (Å²) in [6.07, 6.45) is 1.12. The second-order valence-electron chi connectivity index (χ2n) is 6.14. The molecule has 1 N–H and O–H groups in total. The van der Waals surface area contributed by atoms with Crippen LogP contribution in [-0.2, 0) is 6.61 Å². The van der Waals surface area contributed by atoms with Crippen LogP contribution in [0.4, 0.5) is 5.69 Å². The monoisotopic (exact) mass is 411 g/mol. The van der Waals surface area contributed by atoms with E-state index in [4.69, 9.17) is 23.4 Å². The largest absolute Gasteiger partial charge is 0.497 e. The zero-order valence-electron chi connectivity index (χ0n) is 16.8. The van der Waals surface area contributed by atoms with Crippen LogP contribution in [0.25, 0.3) is 0 Å². The van der Waals surface area contributed by atoms with Gasteiger partial charge in [0.15, 0.2) is 17.3 Å². The lowest BCUT2D eigenvalue weighted by atomic mass is 10.2. The van der Waals surface area contributed by atoms with Crippen LogP contribution in [0.3, 0.4) is 0 Å². The Morgan fingerprint density at radius 1 is 0.933 bits per heavy atom. The highest BCUT2D eigenvalue weighted by molar-refractivity contribution is 6.02. The van der Waals surface area contributed by atoms with E-state index in [9.17, 15) is 9.59 Å². The number of methoxy groups -OCH3 is 3. The second-order valence-corrected chi connectivity index (χ2v) is 6.14. The Morgan fingerprint density at radius 2 is 1.73 bits per heavy atom. The van der Waals surface area contributed by atoms with Gasteiger partial charge in [0, 0.05) is 17.8 Å². The molecule has 3 aromatic rings. The van der Waals surface area contributed by atoms with Crippen molar-refractivity contribution in [3.8, 4) is 23.0 Å². The molecule has 0 spiro atoms. The molecule has 0 aliphatic heterocycles. The fourth-order valence-corrected chi connectivity index (χ4v) is 2.65. The van der Waals surface area contributed by atoms with Crippen molar-refractivity contribution in [3.05, 3.63) is 76.3 Å². The molecular formula is C22H21NO7. The summed E-state index contributed by atoms with van der Waals surface area (Å²) < 4.78 is 26.3. The third-order valence-electron chi connectivity index (χ3n) is 4.19. The Kier molecular flexibility index (Phi) is 6.59. The summed E-state index contributed by atoms with van der Waals surface area (Å²) in [7, 11) is 4.58. The molecule has 0 radical (unpaired) electrons. The van der Waals surface area contributed by atoms with Crippen molar-refractivity contribution >= 4 is 11.6 Å². The molecule has 8 heteroatoms. The number of rotatable bonds is 8. The average molecular weight is 411 g/mol. The van der Waals surface area contributed by atoms with Gasteiger partial charge in [-0.1, -0.05) is 12.1 Å². The standard InChI is InChI=1S/C22H21NO7/c1-26-16-6-4-5-14(9-16)12-29-21-13-30-20(11-17(21)24)22(25)23-15-7-8-18(27-2)19(10-15)28-3/h4-11,13H,12H2,1-3H3,(H,23,25). The molecule has 0 saturated carbocycles. The van der Waals surface area contributed by atoms with Crippen molar-refractivity contribution < 1.29 is 28.2 Å². The molecule has 0 atom stereocenters. The molecular weight excluding hydrogens is 390 g/mol. The fourth-order valence-electron chi connectivity index (χ4n) is 2.65. The van der Waals surface area contributed by atoms with Gasteiger partial charge in [0.1, 0.15) is 18.6 Å². The zero-order valence-corrected chi connectivity index (χ0v) is 16.8. The predicted molar refractivity (Wildman–Crippen MR) is 110 cm³/mol. The molecule has 2 aromatic carbocycles. The highest BCUT2D eigenvalue weighted by Gasteiger charge is 2.14. The number of carbonyl (C=O) groups is 1. The minimum absolute atomic E-state index is 0.000451. The van der Waals surface area contributed by atoms with Crippen molar-refractivity contribution in [1.82, 2.24) is 0 Å². The summed E-state index contributed by atoms with van der Waals surface area (Å²) in [4.78, 5) is 24.7. The van der Waals surface area contributed by atoms with Gasteiger partial charge in [-0.3, -0.25) is 9.59 Å². The van der Waals surface area contributed by atoms with Gasteiger partial charge in [-0.15, -0.1) is 0 Å². The van der Waals surface area contributed by atoms with E-state index in [0.717, 1.165) is 17.9 Å². The maximum atomic E-state index is 12.4. The SMILES string of the molecule is COc1cccc(COc2coc(C(=O)Nc3ccc(OC)c(OC)c3)cc2=O)c1. The number of amides is 1. The van der Waals surface area contributed by atoms with Crippen LogP contribution in [-0.4, -0.2) is 27.2 Å². The smallest absolute Gasteiger partial charge is 0.291 e. The number of nitrogens with one attached hydrogen (secondary N) is 1. The third-order valence-corrected chi connectivity index (χ3v) is 4.19. The summed E-state index contributed by atoms with van der Waals surface area (Å²) in [5.41, 5.74) is 0.810. The number of hydrogen-bond acceptors (Lipinski definition) is 7. The first kappa shape index (κ1) is 20.8. The summed E-state index contributed by atoms with van der Waals surface area (Å²) in [5, 5.41) is 2.64. The van der Waals surface area contributed by atoms with Crippen LogP contribution >= 0.6 is 0 Å². The maximum absolute atomic E-state index is 12.4. The lowest BCUT2D eigenvalue weighted by Crippen LogP contribution is -2.16. The van der Waals surface area contributed by atoms with Gasteiger partial charge in [-0.25, -0.2) is 0 Å². The Hall–Kier alpha value is -3.94. The quantitative estimate of drug-likeness (QED) is 0.606. The van der Waals surface area contributed by atoms with Crippen LogP contribution in [0, 0.1) is 0 Å². The summed E-state index contributed by atoms with van der Waals surface area (Å²) in [5.74, 6) is 0.936. The first-order valence-electron chi connectivity index (χ1n) is 8.96. The van der Waals surface area contributed by atoms with Crippen molar-refractivity contribution in [1.29, 1.82) is 0 Å².